The third kappa shape index (κ3) is 2.68. The summed E-state index contributed by atoms with van der Waals surface area (Å²) in [6.45, 7) is 2.06. The molecule has 0 N–H and O–H groups in total. The van der Waals surface area contributed by atoms with Crippen molar-refractivity contribution in [1.82, 2.24) is 19.7 Å². The van der Waals surface area contributed by atoms with Crippen LogP contribution < -0.4 is 0 Å². The fraction of sp³-hybridized carbons (Fsp3) is 0.143. The monoisotopic (exact) mass is 300 g/mol. The van der Waals surface area contributed by atoms with Crippen LogP contribution in [0.5, 0.6) is 0 Å². The van der Waals surface area contributed by atoms with Gasteiger partial charge in [0.1, 0.15) is 5.01 Å². The van der Waals surface area contributed by atoms with Gasteiger partial charge in [0.25, 0.3) is 0 Å². The summed E-state index contributed by atoms with van der Waals surface area (Å²) < 4.78 is 6.62. The number of ether oxygens (including phenoxy) is 1. The molecule has 0 saturated heterocycles. The van der Waals surface area contributed by atoms with Gasteiger partial charge in [-0.05, 0) is 19.1 Å². The zero-order valence-electron chi connectivity index (χ0n) is 11.3. The predicted octanol–water partition coefficient (Wildman–Crippen LogP) is 2.57. The average molecular weight is 300 g/mol. The highest BCUT2D eigenvalue weighted by molar-refractivity contribution is 7.13. The number of thiazole rings is 1. The SMILES string of the molecule is CCOC(=O)c1nn(-c2ccccn2)cc1-c1nccs1. The second-order valence-electron chi connectivity index (χ2n) is 4.08. The molecule has 106 valence electrons. The number of carbonyl (C=O) groups is 1. The molecule has 7 heteroatoms. The topological polar surface area (TPSA) is 69.9 Å². The molecule has 3 aromatic heterocycles. The van der Waals surface area contributed by atoms with Gasteiger partial charge in [0, 0.05) is 24.0 Å². The Kier molecular flexibility index (Phi) is 3.74. The summed E-state index contributed by atoms with van der Waals surface area (Å²) in [6, 6.07) is 5.49. The largest absolute Gasteiger partial charge is 0.461 e. The quantitative estimate of drug-likeness (QED) is 0.693. The number of pyridine rings is 1. The Bertz CT molecular complexity index is 738. The van der Waals surface area contributed by atoms with E-state index in [2.05, 4.69) is 15.1 Å². The first-order chi connectivity index (χ1) is 10.3. The predicted molar refractivity (Wildman–Crippen MR) is 78.4 cm³/mol. The van der Waals surface area contributed by atoms with Crippen molar-refractivity contribution >= 4 is 17.3 Å². The first kappa shape index (κ1) is 13.4. The van der Waals surface area contributed by atoms with E-state index in [-0.39, 0.29) is 5.69 Å². The highest BCUT2D eigenvalue weighted by Crippen LogP contribution is 2.26. The van der Waals surface area contributed by atoms with Crippen molar-refractivity contribution < 1.29 is 9.53 Å². The molecule has 0 aliphatic rings. The molecule has 0 saturated carbocycles. The van der Waals surface area contributed by atoms with Gasteiger partial charge in [-0.1, -0.05) is 6.07 Å². The van der Waals surface area contributed by atoms with Crippen LogP contribution in [0.2, 0.25) is 0 Å². The summed E-state index contributed by atoms with van der Waals surface area (Å²) in [7, 11) is 0. The van der Waals surface area contributed by atoms with Gasteiger partial charge in [-0.15, -0.1) is 11.3 Å². The number of hydrogen-bond acceptors (Lipinski definition) is 6. The van der Waals surface area contributed by atoms with Gasteiger partial charge in [0.15, 0.2) is 11.5 Å². The smallest absolute Gasteiger partial charge is 0.359 e. The Balaban J connectivity index is 2.09. The van der Waals surface area contributed by atoms with Crippen LogP contribution in [-0.2, 0) is 4.74 Å². The third-order valence-electron chi connectivity index (χ3n) is 2.73. The van der Waals surface area contributed by atoms with Crippen molar-refractivity contribution in [1.29, 1.82) is 0 Å². The molecule has 0 bridgehead atoms. The van der Waals surface area contributed by atoms with Crippen molar-refractivity contribution in [3.63, 3.8) is 0 Å². The van der Waals surface area contributed by atoms with E-state index in [9.17, 15) is 4.79 Å². The van der Waals surface area contributed by atoms with Crippen LogP contribution in [0.4, 0.5) is 0 Å². The first-order valence-corrected chi connectivity index (χ1v) is 7.25. The average Bonchev–Trinajstić information content (AvgIpc) is 3.17. The molecule has 0 fully saturated rings. The highest BCUT2D eigenvalue weighted by Gasteiger charge is 2.21. The molecule has 0 amide bonds. The molecule has 0 spiro atoms. The maximum absolute atomic E-state index is 12.1. The van der Waals surface area contributed by atoms with Crippen LogP contribution in [0.3, 0.4) is 0 Å². The maximum Gasteiger partial charge on any atom is 0.359 e. The molecule has 3 heterocycles. The zero-order chi connectivity index (χ0) is 14.7. The molecule has 3 rings (SSSR count). The summed E-state index contributed by atoms with van der Waals surface area (Å²) in [6.07, 6.45) is 5.10. The van der Waals surface area contributed by atoms with E-state index in [0.29, 0.717) is 18.0 Å². The van der Waals surface area contributed by atoms with Gasteiger partial charge in [0.05, 0.1) is 12.2 Å². The molecule has 0 aliphatic heterocycles. The summed E-state index contributed by atoms with van der Waals surface area (Å²) >= 11 is 1.44. The minimum atomic E-state index is -0.461. The van der Waals surface area contributed by atoms with Crippen molar-refractivity contribution in [2.75, 3.05) is 6.61 Å². The van der Waals surface area contributed by atoms with Crippen LogP contribution in [0.25, 0.3) is 16.4 Å². The Morgan fingerprint density at radius 1 is 1.33 bits per heavy atom. The van der Waals surface area contributed by atoms with E-state index >= 15 is 0 Å². The first-order valence-electron chi connectivity index (χ1n) is 6.37. The fourth-order valence-electron chi connectivity index (χ4n) is 1.84. The second kappa shape index (κ2) is 5.84. The van der Waals surface area contributed by atoms with Gasteiger partial charge < -0.3 is 4.74 Å². The lowest BCUT2D eigenvalue weighted by Gasteiger charge is -1.99. The van der Waals surface area contributed by atoms with E-state index in [1.165, 1.54) is 11.3 Å². The lowest BCUT2D eigenvalue weighted by atomic mass is 10.2. The van der Waals surface area contributed by atoms with Gasteiger partial charge in [0.2, 0.25) is 0 Å². The maximum atomic E-state index is 12.1. The van der Waals surface area contributed by atoms with Crippen LogP contribution in [0.15, 0.2) is 42.2 Å². The van der Waals surface area contributed by atoms with Gasteiger partial charge in [-0.25, -0.2) is 19.4 Å². The third-order valence-corrected chi connectivity index (χ3v) is 3.54. The molecule has 0 radical (unpaired) electrons. The number of carbonyl (C=O) groups excluding carboxylic acids is 1. The minimum Gasteiger partial charge on any atom is -0.461 e. The molecule has 0 atom stereocenters. The molecule has 0 aliphatic carbocycles. The van der Waals surface area contributed by atoms with E-state index in [1.807, 2.05) is 23.6 Å². The van der Waals surface area contributed by atoms with Gasteiger partial charge in [-0.2, -0.15) is 5.10 Å². The molecule has 0 unspecified atom stereocenters. The Hall–Kier alpha value is -2.54. The zero-order valence-corrected chi connectivity index (χ0v) is 12.1. The van der Waals surface area contributed by atoms with Crippen molar-refractivity contribution in [2.45, 2.75) is 6.92 Å². The van der Waals surface area contributed by atoms with E-state index in [1.54, 1.807) is 30.2 Å². The summed E-state index contributed by atoms with van der Waals surface area (Å²) in [5.41, 5.74) is 0.895. The molecule has 0 aromatic carbocycles. The van der Waals surface area contributed by atoms with Crippen LogP contribution >= 0.6 is 11.3 Å². The minimum absolute atomic E-state index is 0.248. The van der Waals surface area contributed by atoms with E-state index < -0.39 is 5.97 Å². The van der Waals surface area contributed by atoms with Crippen molar-refractivity contribution in [3.8, 4) is 16.4 Å². The summed E-state index contributed by atoms with van der Waals surface area (Å²) in [5.74, 6) is 0.170. The number of hydrogen-bond donors (Lipinski definition) is 0. The lowest BCUT2D eigenvalue weighted by Crippen LogP contribution is -2.08. The molecule has 21 heavy (non-hydrogen) atoms. The van der Waals surface area contributed by atoms with Gasteiger partial charge in [-0.3, -0.25) is 0 Å². The Labute approximate surface area is 125 Å². The Morgan fingerprint density at radius 2 is 2.24 bits per heavy atom. The molecule has 6 nitrogen and oxygen atoms in total. The van der Waals surface area contributed by atoms with Crippen LogP contribution in [0, 0.1) is 0 Å². The molecular formula is C14H12N4O2S. The summed E-state index contributed by atoms with van der Waals surface area (Å²) in [5, 5.41) is 6.87. The molecular weight excluding hydrogens is 288 g/mol. The van der Waals surface area contributed by atoms with Crippen LogP contribution in [0.1, 0.15) is 17.4 Å². The Morgan fingerprint density at radius 3 is 2.90 bits per heavy atom. The number of rotatable bonds is 4. The van der Waals surface area contributed by atoms with Gasteiger partial charge >= 0.3 is 5.97 Å². The molecule has 3 aromatic rings. The van der Waals surface area contributed by atoms with E-state index in [4.69, 9.17) is 4.74 Å². The number of nitrogens with zero attached hydrogens (tertiary/aromatic N) is 4. The lowest BCUT2D eigenvalue weighted by molar-refractivity contribution is 0.0520. The normalized spacial score (nSPS) is 10.5. The number of aromatic nitrogens is 4. The van der Waals surface area contributed by atoms with E-state index in [0.717, 1.165) is 5.01 Å². The van der Waals surface area contributed by atoms with Crippen LogP contribution in [-0.4, -0.2) is 32.3 Å². The standard InChI is InChI=1S/C14H12N4O2S/c1-2-20-14(19)12-10(13-16-7-8-21-13)9-18(17-12)11-5-3-4-6-15-11/h3-9H,2H2,1H3. The van der Waals surface area contributed by atoms with Crippen molar-refractivity contribution in [3.05, 3.63) is 47.9 Å². The second-order valence-corrected chi connectivity index (χ2v) is 4.98. The number of esters is 1. The summed E-state index contributed by atoms with van der Waals surface area (Å²) in [4.78, 5) is 20.5. The fourth-order valence-corrected chi connectivity index (χ4v) is 2.49. The van der Waals surface area contributed by atoms with Crippen molar-refractivity contribution in [2.24, 2.45) is 0 Å². The highest BCUT2D eigenvalue weighted by atomic mass is 32.1.